The maximum Gasteiger partial charge on any atom is 0.243 e. The summed E-state index contributed by atoms with van der Waals surface area (Å²) in [4.78, 5) is 2.92. The number of hydrogen-bond donors (Lipinski definition) is 0. The van der Waals surface area contributed by atoms with Crippen molar-refractivity contribution in [1.82, 2.24) is 9.21 Å². The van der Waals surface area contributed by atoms with Gasteiger partial charge >= 0.3 is 0 Å². The minimum absolute atomic E-state index is 0.0937. The van der Waals surface area contributed by atoms with Gasteiger partial charge in [0.25, 0.3) is 0 Å². The number of piperidine rings is 2. The van der Waals surface area contributed by atoms with Crippen molar-refractivity contribution < 1.29 is 17.9 Å². The maximum absolute atomic E-state index is 13.4. The van der Waals surface area contributed by atoms with E-state index in [1.807, 2.05) is 12.1 Å². The van der Waals surface area contributed by atoms with Crippen LogP contribution in [-0.2, 0) is 21.2 Å². The normalized spacial score (nSPS) is 26.3. The third-order valence-electron chi connectivity index (χ3n) is 6.49. The molecule has 28 heavy (non-hydrogen) atoms. The van der Waals surface area contributed by atoms with Gasteiger partial charge in [0.05, 0.1) is 11.5 Å². The van der Waals surface area contributed by atoms with Crippen LogP contribution in [0.3, 0.4) is 0 Å². The van der Waals surface area contributed by atoms with E-state index in [9.17, 15) is 8.42 Å². The Kier molecular flexibility index (Phi) is 5.97. The number of ether oxygens (including phenoxy) is 2. The van der Waals surface area contributed by atoms with Gasteiger partial charge in [-0.1, -0.05) is 0 Å². The SMILES string of the molecule is COCCCN1CCCC2(CCCN(S(=O)(=O)c3ccc4c(c3)CCO4)C2)C1. The Morgan fingerprint density at radius 2 is 2.00 bits per heavy atom. The average Bonchev–Trinajstić information content (AvgIpc) is 3.16. The molecule has 4 rings (SSSR count). The second-order valence-corrected chi connectivity index (χ2v) is 10.5. The lowest BCUT2D eigenvalue weighted by molar-refractivity contribution is 0.0360. The van der Waals surface area contributed by atoms with E-state index in [0.717, 1.165) is 76.1 Å². The van der Waals surface area contributed by atoms with Crippen molar-refractivity contribution in [2.24, 2.45) is 5.41 Å². The van der Waals surface area contributed by atoms with Gasteiger partial charge in [0.15, 0.2) is 0 Å². The second-order valence-electron chi connectivity index (χ2n) is 8.54. The van der Waals surface area contributed by atoms with Crippen LogP contribution in [0, 0.1) is 5.41 Å². The highest BCUT2D eigenvalue weighted by Gasteiger charge is 2.42. The molecule has 1 atom stereocenters. The van der Waals surface area contributed by atoms with Gasteiger partial charge in [-0.2, -0.15) is 4.31 Å². The van der Waals surface area contributed by atoms with Crippen LogP contribution in [-0.4, -0.2) is 70.7 Å². The van der Waals surface area contributed by atoms with Crippen LogP contribution in [0.4, 0.5) is 0 Å². The second kappa shape index (κ2) is 8.30. The zero-order valence-corrected chi connectivity index (χ0v) is 17.7. The van der Waals surface area contributed by atoms with Crippen LogP contribution in [0.15, 0.2) is 23.1 Å². The minimum Gasteiger partial charge on any atom is -0.493 e. The Morgan fingerprint density at radius 1 is 1.18 bits per heavy atom. The van der Waals surface area contributed by atoms with Gasteiger partial charge in [-0.25, -0.2) is 8.42 Å². The van der Waals surface area contributed by atoms with Crippen molar-refractivity contribution in [2.75, 3.05) is 53.0 Å². The number of sulfonamides is 1. The Morgan fingerprint density at radius 3 is 2.82 bits per heavy atom. The summed E-state index contributed by atoms with van der Waals surface area (Å²) in [7, 11) is -1.72. The fourth-order valence-corrected chi connectivity index (χ4v) is 6.75. The lowest BCUT2D eigenvalue weighted by atomic mass is 9.74. The first-order valence-electron chi connectivity index (χ1n) is 10.5. The fourth-order valence-electron chi connectivity index (χ4n) is 5.11. The summed E-state index contributed by atoms with van der Waals surface area (Å²) in [5, 5.41) is 0. The van der Waals surface area contributed by atoms with Gasteiger partial charge < -0.3 is 14.4 Å². The molecular weight excluding hydrogens is 376 g/mol. The molecule has 0 amide bonds. The van der Waals surface area contributed by atoms with Crippen LogP contribution in [0.25, 0.3) is 0 Å². The number of rotatable bonds is 6. The first-order chi connectivity index (χ1) is 13.5. The summed E-state index contributed by atoms with van der Waals surface area (Å²) in [6, 6.07) is 5.34. The van der Waals surface area contributed by atoms with E-state index in [1.165, 1.54) is 0 Å². The summed E-state index contributed by atoms with van der Waals surface area (Å²) in [5.74, 6) is 0.827. The van der Waals surface area contributed by atoms with Crippen molar-refractivity contribution in [3.63, 3.8) is 0 Å². The van der Waals surface area contributed by atoms with E-state index in [-0.39, 0.29) is 5.41 Å². The van der Waals surface area contributed by atoms with E-state index in [1.54, 1.807) is 17.5 Å². The van der Waals surface area contributed by atoms with Gasteiger partial charge in [0.2, 0.25) is 10.0 Å². The first-order valence-corrected chi connectivity index (χ1v) is 11.9. The Balaban J connectivity index is 1.48. The monoisotopic (exact) mass is 408 g/mol. The molecule has 1 aromatic carbocycles. The number of methoxy groups -OCH3 is 1. The van der Waals surface area contributed by atoms with Crippen molar-refractivity contribution in [3.05, 3.63) is 23.8 Å². The van der Waals surface area contributed by atoms with E-state index >= 15 is 0 Å². The zero-order chi connectivity index (χ0) is 19.6. The number of fused-ring (bicyclic) bond motifs is 1. The van der Waals surface area contributed by atoms with E-state index in [4.69, 9.17) is 9.47 Å². The molecule has 0 bridgehead atoms. The summed E-state index contributed by atoms with van der Waals surface area (Å²) in [5.41, 5.74) is 1.10. The summed E-state index contributed by atoms with van der Waals surface area (Å²) in [6.07, 6.45) is 6.16. The number of benzene rings is 1. The predicted octanol–water partition coefficient (Wildman–Crippen LogP) is 2.52. The van der Waals surface area contributed by atoms with Crippen LogP contribution in [0.1, 0.15) is 37.7 Å². The molecule has 0 radical (unpaired) electrons. The molecule has 1 aromatic rings. The molecule has 0 aromatic heterocycles. The largest absolute Gasteiger partial charge is 0.493 e. The molecule has 6 nitrogen and oxygen atoms in total. The highest BCUT2D eigenvalue weighted by molar-refractivity contribution is 7.89. The quantitative estimate of drug-likeness (QED) is 0.677. The first kappa shape index (κ1) is 20.1. The molecule has 3 aliphatic heterocycles. The standard InChI is InChI=1S/C21H32N2O4S/c1-26-13-4-11-22-10-2-8-21(16-22)9-3-12-23(17-21)28(24,25)19-5-6-20-18(15-19)7-14-27-20/h5-6,15H,2-4,7-14,16-17H2,1H3. The molecule has 0 aliphatic carbocycles. The van der Waals surface area contributed by atoms with Crippen molar-refractivity contribution >= 4 is 10.0 Å². The Bertz CT molecular complexity index is 794. The summed E-state index contributed by atoms with van der Waals surface area (Å²) >= 11 is 0. The molecule has 1 spiro atoms. The van der Waals surface area contributed by atoms with Crippen molar-refractivity contribution in [1.29, 1.82) is 0 Å². The van der Waals surface area contributed by atoms with E-state index < -0.39 is 10.0 Å². The van der Waals surface area contributed by atoms with Crippen LogP contribution in [0.2, 0.25) is 0 Å². The van der Waals surface area contributed by atoms with Crippen LogP contribution < -0.4 is 4.74 Å². The van der Waals surface area contributed by atoms with E-state index in [0.29, 0.717) is 24.6 Å². The zero-order valence-electron chi connectivity index (χ0n) is 16.9. The molecule has 2 fully saturated rings. The molecule has 0 saturated carbocycles. The average molecular weight is 409 g/mol. The summed E-state index contributed by atoms with van der Waals surface area (Å²) in [6.45, 7) is 5.85. The summed E-state index contributed by atoms with van der Waals surface area (Å²) < 4.78 is 39.2. The molecule has 2 saturated heterocycles. The fraction of sp³-hybridized carbons (Fsp3) is 0.714. The molecule has 3 heterocycles. The van der Waals surface area contributed by atoms with Gasteiger partial charge in [0, 0.05) is 46.3 Å². The third-order valence-corrected chi connectivity index (χ3v) is 8.33. The maximum atomic E-state index is 13.4. The molecule has 7 heteroatoms. The van der Waals surface area contributed by atoms with Crippen molar-refractivity contribution in [3.8, 4) is 5.75 Å². The smallest absolute Gasteiger partial charge is 0.243 e. The molecular formula is C21H32N2O4S. The van der Waals surface area contributed by atoms with Gasteiger partial charge in [-0.15, -0.1) is 0 Å². The van der Waals surface area contributed by atoms with Gasteiger partial charge in [0.1, 0.15) is 5.75 Å². The number of likely N-dealkylation sites (tertiary alicyclic amines) is 1. The molecule has 0 N–H and O–H groups in total. The van der Waals surface area contributed by atoms with Gasteiger partial charge in [-0.05, 0) is 67.8 Å². The van der Waals surface area contributed by atoms with Crippen molar-refractivity contribution in [2.45, 2.75) is 43.4 Å². The Hall–Kier alpha value is -1.15. The predicted molar refractivity (Wildman–Crippen MR) is 108 cm³/mol. The molecule has 3 aliphatic rings. The van der Waals surface area contributed by atoms with Gasteiger partial charge in [-0.3, -0.25) is 0 Å². The highest BCUT2D eigenvalue weighted by atomic mass is 32.2. The molecule has 1 unspecified atom stereocenters. The lowest BCUT2D eigenvalue weighted by Crippen LogP contribution is -2.53. The van der Waals surface area contributed by atoms with Crippen LogP contribution in [0.5, 0.6) is 5.75 Å². The Labute approximate surface area is 168 Å². The highest BCUT2D eigenvalue weighted by Crippen LogP contribution is 2.40. The topological polar surface area (TPSA) is 59.1 Å². The minimum atomic E-state index is -3.46. The lowest BCUT2D eigenvalue weighted by Gasteiger charge is -2.48. The van der Waals surface area contributed by atoms with E-state index in [2.05, 4.69) is 4.90 Å². The third kappa shape index (κ3) is 4.08. The molecule has 156 valence electrons. The number of nitrogens with zero attached hydrogens (tertiary/aromatic N) is 2. The number of hydrogen-bond acceptors (Lipinski definition) is 5. The van der Waals surface area contributed by atoms with Crippen LogP contribution >= 0.6 is 0 Å².